The van der Waals surface area contributed by atoms with Gasteiger partial charge in [-0.05, 0) is 63.8 Å². The molecule has 0 spiro atoms. The molecule has 1 amide bonds. The molecule has 2 saturated heterocycles. The van der Waals surface area contributed by atoms with Crippen LogP contribution >= 0.6 is 23.4 Å². The van der Waals surface area contributed by atoms with Crippen molar-refractivity contribution in [3.8, 4) is 11.5 Å². The molecule has 1 aromatic heterocycles. The molecule has 2 N–H and O–H groups in total. The number of aromatic nitrogens is 1. The molecule has 6 rings (SSSR count). The molecule has 0 radical (unpaired) electrons. The van der Waals surface area contributed by atoms with Gasteiger partial charge in [0.1, 0.15) is 12.7 Å². The molecule has 3 fully saturated rings. The van der Waals surface area contributed by atoms with Crippen molar-refractivity contribution in [2.45, 2.75) is 63.1 Å². The first kappa shape index (κ1) is 27.9. The number of aryl methyl sites for hydroxylation is 1. The number of carbonyl (C=O) groups is 1. The minimum Gasteiger partial charge on any atom is -0.484 e. The maximum Gasteiger partial charge on any atom is 0.254 e. The first-order valence-electron chi connectivity index (χ1n) is 14.3. The Morgan fingerprint density at radius 3 is 2.50 bits per heavy atom. The first-order valence-corrected chi connectivity index (χ1v) is 15.9. The Morgan fingerprint density at radius 1 is 1.07 bits per heavy atom. The summed E-state index contributed by atoms with van der Waals surface area (Å²) in [6, 6.07) is 4.20. The molecule has 8 nitrogen and oxygen atoms in total. The van der Waals surface area contributed by atoms with Gasteiger partial charge in [0.15, 0.2) is 11.5 Å². The summed E-state index contributed by atoms with van der Waals surface area (Å²) in [5.41, 5.74) is 2.25. The molecule has 4 aliphatic rings. The number of halogens is 1. The monoisotopic (exact) mass is 587 g/mol. The van der Waals surface area contributed by atoms with E-state index in [0.29, 0.717) is 63.6 Å². The molecule has 1 saturated carbocycles. The van der Waals surface area contributed by atoms with Crippen LogP contribution in [0.1, 0.15) is 52.9 Å². The average Bonchev–Trinajstić information content (AvgIpc) is 3.57. The Balaban J connectivity index is 1.11. The topological polar surface area (TPSA) is 92.9 Å². The van der Waals surface area contributed by atoms with Crippen molar-refractivity contribution in [2.75, 3.05) is 39.2 Å². The van der Waals surface area contributed by atoms with Gasteiger partial charge in [0.2, 0.25) is 0 Å². The van der Waals surface area contributed by atoms with Crippen LogP contribution in [0.25, 0.3) is 0 Å². The highest BCUT2D eigenvalue weighted by Gasteiger charge is 2.42. The van der Waals surface area contributed by atoms with Crippen LogP contribution in [0.2, 0.25) is 5.02 Å². The summed E-state index contributed by atoms with van der Waals surface area (Å²) < 4.78 is 18.3. The zero-order valence-corrected chi connectivity index (χ0v) is 25.0. The summed E-state index contributed by atoms with van der Waals surface area (Å²) in [4.78, 5) is 32.2. The van der Waals surface area contributed by atoms with Crippen molar-refractivity contribution in [2.24, 2.45) is 17.8 Å². The van der Waals surface area contributed by atoms with Crippen molar-refractivity contribution in [1.82, 2.24) is 15.2 Å². The van der Waals surface area contributed by atoms with Crippen molar-refractivity contribution >= 4 is 29.3 Å². The van der Waals surface area contributed by atoms with E-state index < -0.39 is 0 Å². The number of carbonyl (C=O) groups excluding carboxylic acids is 1. The predicted molar refractivity (Wildman–Crippen MR) is 156 cm³/mol. The van der Waals surface area contributed by atoms with Gasteiger partial charge in [-0.2, -0.15) is 0 Å². The van der Waals surface area contributed by atoms with Gasteiger partial charge in [-0.25, -0.2) is 0 Å². The number of ether oxygens (including phenoxy) is 3. The molecule has 10 heteroatoms. The lowest BCUT2D eigenvalue weighted by Crippen LogP contribution is -2.43. The van der Waals surface area contributed by atoms with Gasteiger partial charge in [-0.1, -0.05) is 11.6 Å². The van der Waals surface area contributed by atoms with Crippen molar-refractivity contribution in [3.63, 3.8) is 0 Å². The lowest BCUT2D eigenvalue weighted by molar-refractivity contribution is 0.0199. The number of amides is 1. The van der Waals surface area contributed by atoms with E-state index in [1.54, 1.807) is 6.07 Å². The number of fused-ring (bicyclic) bond motifs is 2. The number of rotatable bonds is 6. The number of pyridine rings is 1. The van der Waals surface area contributed by atoms with E-state index in [0.717, 1.165) is 36.6 Å². The zero-order valence-electron chi connectivity index (χ0n) is 23.4. The largest absolute Gasteiger partial charge is 0.484 e. The van der Waals surface area contributed by atoms with E-state index in [4.69, 9.17) is 25.8 Å². The maximum atomic E-state index is 13.3. The lowest BCUT2D eigenvalue weighted by Gasteiger charge is -2.39. The number of benzene rings is 1. The quantitative estimate of drug-likeness (QED) is 0.478. The maximum absolute atomic E-state index is 13.3. The van der Waals surface area contributed by atoms with Crippen LogP contribution in [-0.4, -0.2) is 67.1 Å². The number of hydrogen-bond acceptors (Lipinski definition) is 7. The zero-order chi connectivity index (χ0) is 28.0. The van der Waals surface area contributed by atoms with Crippen LogP contribution < -0.4 is 20.3 Å². The third-order valence-corrected chi connectivity index (χ3v) is 10.4. The van der Waals surface area contributed by atoms with Crippen molar-refractivity contribution in [1.29, 1.82) is 0 Å². The molecule has 4 heterocycles. The fraction of sp³-hybridized carbons (Fsp3) is 0.600. The summed E-state index contributed by atoms with van der Waals surface area (Å²) >= 11 is 8.06. The summed E-state index contributed by atoms with van der Waals surface area (Å²) in [5.74, 6) is 2.60. The van der Waals surface area contributed by atoms with Crippen molar-refractivity contribution < 1.29 is 19.0 Å². The average molecular weight is 588 g/mol. The molecule has 1 aromatic carbocycles. The summed E-state index contributed by atoms with van der Waals surface area (Å²) in [6.45, 7) is 8.50. The first-order chi connectivity index (χ1) is 19.3. The van der Waals surface area contributed by atoms with Crippen LogP contribution in [0.5, 0.6) is 11.5 Å². The lowest BCUT2D eigenvalue weighted by atomic mass is 9.82. The van der Waals surface area contributed by atoms with E-state index in [1.165, 1.54) is 37.7 Å². The minimum atomic E-state index is -0.304. The van der Waals surface area contributed by atoms with Crippen LogP contribution in [-0.2, 0) is 11.3 Å². The third-order valence-electron chi connectivity index (χ3n) is 9.27. The Bertz CT molecular complexity index is 1330. The highest BCUT2D eigenvalue weighted by molar-refractivity contribution is 7.98. The molecule has 3 unspecified atom stereocenters. The third kappa shape index (κ3) is 5.38. The van der Waals surface area contributed by atoms with Crippen LogP contribution in [0.15, 0.2) is 21.8 Å². The van der Waals surface area contributed by atoms with Crippen LogP contribution in [0.3, 0.4) is 0 Å². The molecular weight excluding hydrogens is 550 g/mol. The van der Waals surface area contributed by atoms with Crippen LogP contribution in [0, 0.1) is 31.6 Å². The Morgan fingerprint density at radius 2 is 1.80 bits per heavy atom. The molecule has 0 bridgehead atoms. The van der Waals surface area contributed by atoms with Crippen molar-refractivity contribution in [3.05, 3.63) is 49.9 Å². The predicted octanol–water partition coefficient (Wildman–Crippen LogP) is 4.57. The number of H-pyrrole nitrogens is 1. The molecule has 40 heavy (non-hydrogen) atoms. The second-order valence-corrected chi connectivity index (χ2v) is 13.0. The minimum absolute atomic E-state index is 0.0665. The normalized spacial score (nSPS) is 27.9. The molecule has 216 valence electrons. The summed E-state index contributed by atoms with van der Waals surface area (Å²) in [7, 11) is 0. The molecule has 2 aromatic rings. The number of aromatic amines is 1. The molecule has 3 atom stereocenters. The fourth-order valence-electron chi connectivity index (χ4n) is 6.96. The summed E-state index contributed by atoms with van der Waals surface area (Å²) in [6.07, 6.45) is 6.41. The van der Waals surface area contributed by atoms with E-state index in [2.05, 4.69) is 15.2 Å². The van der Waals surface area contributed by atoms with Gasteiger partial charge in [0, 0.05) is 64.8 Å². The molecule has 1 aliphatic carbocycles. The van der Waals surface area contributed by atoms with Gasteiger partial charge >= 0.3 is 0 Å². The number of hydrogen-bond donors (Lipinski definition) is 2. The Hall–Kier alpha value is -2.20. The second-order valence-electron chi connectivity index (χ2n) is 11.7. The Labute approximate surface area is 244 Å². The highest BCUT2D eigenvalue weighted by atomic mass is 35.5. The Kier molecular flexibility index (Phi) is 8.09. The van der Waals surface area contributed by atoms with Gasteiger partial charge in [0.25, 0.3) is 11.5 Å². The SMILES string of the molecule is CSc1cc(C)[nH]c(=O)c1CNC(=O)c1cc(Cl)c2c(c1C)OC(C1CCC(N3CC4COCC4C3)CC1)CO2. The number of nitrogens with zero attached hydrogens (tertiary/aromatic N) is 1. The van der Waals surface area contributed by atoms with Gasteiger partial charge in [0.05, 0.1) is 18.2 Å². The van der Waals surface area contributed by atoms with Gasteiger partial charge in [-0.15, -0.1) is 11.8 Å². The van der Waals surface area contributed by atoms with E-state index >= 15 is 0 Å². The van der Waals surface area contributed by atoms with E-state index in [1.807, 2.05) is 26.2 Å². The standard InChI is InChI=1S/C30H38ClN3O5S/c1-16-8-26(40-3)23(30(36)33-16)10-32-29(35)22-9-24(31)28-27(17(22)2)39-25(15-38-28)18-4-6-21(7-5-18)34-11-19-13-37-14-20(19)12-34/h8-9,18-21,25H,4-7,10-15H2,1-3H3,(H,32,35)(H,33,36). The smallest absolute Gasteiger partial charge is 0.254 e. The fourth-order valence-corrected chi connectivity index (χ4v) is 7.91. The van der Waals surface area contributed by atoms with E-state index in [-0.39, 0.29) is 24.1 Å². The second kappa shape index (κ2) is 11.6. The van der Waals surface area contributed by atoms with Gasteiger partial charge < -0.3 is 24.5 Å². The van der Waals surface area contributed by atoms with Gasteiger partial charge in [-0.3, -0.25) is 14.5 Å². The number of thioether (sulfide) groups is 1. The highest BCUT2D eigenvalue weighted by Crippen LogP contribution is 2.45. The number of nitrogens with one attached hydrogen (secondary N) is 2. The van der Waals surface area contributed by atoms with E-state index in [9.17, 15) is 9.59 Å². The molecule has 3 aliphatic heterocycles. The van der Waals surface area contributed by atoms with Crippen LogP contribution in [0.4, 0.5) is 0 Å². The summed E-state index contributed by atoms with van der Waals surface area (Å²) in [5, 5.41) is 3.26. The molecular formula is C30H38ClN3O5S. The number of likely N-dealkylation sites (tertiary alicyclic amines) is 1.